The molecule has 2 N–H and O–H groups in total. The zero-order chi connectivity index (χ0) is 15.1. The van der Waals surface area contributed by atoms with Crippen LogP contribution < -0.4 is 20.1 Å². The molecule has 0 aliphatic carbocycles. The molecular weight excluding hydrogens is 268 g/mol. The van der Waals surface area contributed by atoms with Crippen LogP contribution in [0.2, 0.25) is 0 Å². The summed E-state index contributed by atoms with van der Waals surface area (Å²) in [6.45, 7) is 3.96. The van der Waals surface area contributed by atoms with Crippen LogP contribution in [0.3, 0.4) is 0 Å². The van der Waals surface area contributed by atoms with Gasteiger partial charge in [-0.2, -0.15) is 0 Å². The number of hydrogen-bond donors (Lipinski definition) is 2. The maximum atomic E-state index is 12.1. The Hall–Kier alpha value is -1.75. The second kappa shape index (κ2) is 7.88. The van der Waals surface area contributed by atoms with Gasteiger partial charge in [0.2, 0.25) is 5.91 Å². The van der Waals surface area contributed by atoms with Gasteiger partial charge >= 0.3 is 0 Å². The maximum absolute atomic E-state index is 12.1. The van der Waals surface area contributed by atoms with Crippen LogP contribution in [0.1, 0.15) is 31.7 Å². The molecule has 0 aromatic heterocycles. The smallest absolute Gasteiger partial charge is 0.237 e. The Bertz CT molecular complexity index is 471. The molecule has 116 valence electrons. The summed E-state index contributed by atoms with van der Waals surface area (Å²) in [7, 11) is 1.62. The molecule has 1 saturated heterocycles. The Labute approximate surface area is 126 Å². The fourth-order valence-electron chi connectivity index (χ4n) is 2.48. The van der Waals surface area contributed by atoms with Crippen LogP contribution >= 0.6 is 0 Å². The van der Waals surface area contributed by atoms with Crippen molar-refractivity contribution in [2.45, 2.75) is 38.8 Å². The lowest BCUT2D eigenvalue weighted by Crippen LogP contribution is -2.46. The average molecular weight is 292 g/mol. The fourth-order valence-corrected chi connectivity index (χ4v) is 2.48. The lowest BCUT2D eigenvalue weighted by Gasteiger charge is -2.22. The monoisotopic (exact) mass is 292 g/mol. The predicted octanol–water partition coefficient (Wildman–Crippen LogP) is 1.85. The molecule has 0 bridgehead atoms. The van der Waals surface area contributed by atoms with E-state index in [1.165, 1.54) is 0 Å². The molecule has 1 aliphatic heterocycles. The van der Waals surface area contributed by atoms with Crippen molar-refractivity contribution in [3.8, 4) is 11.5 Å². The quantitative estimate of drug-likeness (QED) is 0.840. The molecule has 5 nitrogen and oxygen atoms in total. The third kappa shape index (κ3) is 4.36. The molecule has 0 saturated carbocycles. The number of methoxy groups -OCH3 is 1. The van der Waals surface area contributed by atoms with E-state index in [0.29, 0.717) is 18.9 Å². The Morgan fingerprint density at radius 2 is 2.24 bits per heavy atom. The topological polar surface area (TPSA) is 59.6 Å². The van der Waals surface area contributed by atoms with Gasteiger partial charge in [-0.1, -0.05) is 12.5 Å². The molecule has 2 rings (SSSR count). The standard InChI is InChI=1S/C16H24N2O3/c1-3-21-14-8-7-12(10-15(14)20-2)11-18-16(19)13-6-4-5-9-17-13/h7-8,10,13,17H,3-6,9,11H2,1-2H3,(H,18,19). The summed E-state index contributed by atoms with van der Waals surface area (Å²) < 4.78 is 10.8. The molecule has 21 heavy (non-hydrogen) atoms. The first-order valence-electron chi connectivity index (χ1n) is 7.55. The summed E-state index contributed by atoms with van der Waals surface area (Å²) in [5.41, 5.74) is 1.000. The third-order valence-corrected chi connectivity index (χ3v) is 3.62. The van der Waals surface area contributed by atoms with Gasteiger partial charge in [0.1, 0.15) is 0 Å². The minimum Gasteiger partial charge on any atom is -0.493 e. The van der Waals surface area contributed by atoms with Gasteiger partial charge in [-0.3, -0.25) is 4.79 Å². The van der Waals surface area contributed by atoms with E-state index in [4.69, 9.17) is 9.47 Å². The zero-order valence-corrected chi connectivity index (χ0v) is 12.8. The van der Waals surface area contributed by atoms with E-state index in [1.54, 1.807) is 7.11 Å². The maximum Gasteiger partial charge on any atom is 0.237 e. The van der Waals surface area contributed by atoms with E-state index in [0.717, 1.165) is 37.1 Å². The molecule has 0 spiro atoms. The minimum absolute atomic E-state index is 0.0525. The number of carbonyl (C=O) groups excluding carboxylic acids is 1. The number of rotatable bonds is 6. The van der Waals surface area contributed by atoms with Crippen molar-refractivity contribution in [2.24, 2.45) is 0 Å². The Balaban J connectivity index is 1.91. The molecule has 1 aromatic carbocycles. The van der Waals surface area contributed by atoms with E-state index in [2.05, 4.69) is 10.6 Å². The second-order valence-electron chi connectivity index (χ2n) is 5.14. The van der Waals surface area contributed by atoms with E-state index >= 15 is 0 Å². The second-order valence-corrected chi connectivity index (χ2v) is 5.14. The highest BCUT2D eigenvalue weighted by atomic mass is 16.5. The van der Waals surface area contributed by atoms with Crippen LogP contribution in [-0.4, -0.2) is 32.2 Å². The molecule has 0 radical (unpaired) electrons. The molecule has 1 aliphatic rings. The third-order valence-electron chi connectivity index (χ3n) is 3.62. The molecular formula is C16H24N2O3. The van der Waals surface area contributed by atoms with E-state index in [-0.39, 0.29) is 11.9 Å². The summed E-state index contributed by atoms with van der Waals surface area (Å²) >= 11 is 0. The summed E-state index contributed by atoms with van der Waals surface area (Å²) in [6, 6.07) is 5.67. The van der Waals surface area contributed by atoms with Gasteiger partial charge in [0, 0.05) is 6.54 Å². The van der Waals surface area contributed by atoms with Crippen molar-refractivity contribution in [1.29, 1.82) is 0 Å². The predicted molar refractivity (Wildman–Crippen MR) is 81.7 cm³/mol. The lowest BCUT2D eigenvalue weighted by atomic mass is 10.0. The van der Waals surface area contributed by atoms with Gasteiger partial charge in [0.05, 0.1) is 19.8 Å². The van der Waals surface area contributed by atoms with Crippen molar-refractivity contribution < 1.29 is 14.3 Å². The first-order chi connectivity index (χ1) is 10.2. The summed E-state index contributed by atoms with van der Waals surface area (Å²) in [6.07, 6.45) is 3.18. The fraction of sp³-hybridized carbons (Fsp3) is 0.562. The Kier molecular flexibility index (Phi) is 5.87. The Morgan fingerprint density at radius 1 is 1.38 bits per heavy atom. The van der Waals surface area contributed by atoms with Gasteiger partial charge in [0.25, 0.3) is 0 Å². The van der Waals surface area contributed by atoms with Crippen LogP contribution in [0, 0.1) is 0 Å². The number of nitrogens with one attached hydrogen (secondary N) is 2. The number of piperidine rings is 1. The van der Waals surface area contributed by atoms with Gasteiger partial charge in [-0.25, -0.2) is 0 Å². The molecule has 1 aromatic rings. The van der Waals surface area contributed by atoms with Gasteiger partial charge in [-0.15, -0.1) is 0 Å². The van der Waals surface area contributed by atoms with Gasteiger partial charge < -0.3 is 20.1 Å². The highest BCUT2D eigenvalue weighted by Gasteiger charge is 2.19. The summed E-state index contributed by atoms with van der Waals surface area (Å²) in [5, 5.41) is 6.22. The number of ether oxygens (including phenoxy) is 2. The van der Waals surface area contributed by atoms with Crippen molar-refractivity contribution in [1.82, 2.24) is 10.6 Å². The van der Waals surface area contributed by atoms with Gasteiger partial charge in [-0.05, 0) is 44.0 Å². The summed E-state index contributed by atoms with van der Waals surface area (Å²) in [4.78, 5) is 12.1. The molecule has 1 unspecified atom stereocenters. The van der Waals surface area contributed by atoms with Crippen molar-refractivity contribution in [2.75, 3.05) is 20.3 Å². The highest BCUT2D eigenvalue weighted by molar-refractivity contribution is 5.81. The van der Waals surface area contributed by atoms with Gasteiger partial charge in [0.15, 0.2) is 11.5 Å². The normalized spacial score (nSPS) is 18.1. The molecule has 5 heteroatoms. The minimum atomic E-state index is -0.0525. The summed E-state index contributed by atoms with van der Waals surface area (Å²) in [5.74, 6) is 1.49. The molecule has 1 fully saturated rings. The largest absolute Gasteiger partial charge is 0.493 e. The number of benzene rings is 1. The van der Waals surface area contributed by atoms with Crippen molar-refractivity contribution in [3.05, 3.63) is 23.8 Å². The molecule has 1 amide bonds. The van der Waals surface area contributed by atoms with E-state index in [9.17, 15) is 4.79 Å². The van der Waals surface area contributed by atoms with Crippen molar-refractivity contribution >= 4 is 5.91 Å². The molecule has 1 atom stereocenters. The number of carbonyl (C=O) groups is 1. The molecule has 1 heterocycles. The number of hydrogen-bond acceptors (Lipinski definition) is 4. The highest BCUT2D eigenvalue weighted by Crippen LogP contribution is 2.27. The van der Waals surface area contributed by atoms with Crippen LogP contribution in [0.5, 0.6) is 11.5 Å². The van der Waals surface area contributed by atoms with E-state index < -0.39 is 0 Å². The Morgan fingerprint density at radius 3 is 2.90 bits per heavy atom. The van der Waals surface area contributed by atoms with Crippen molar-refractivity contribution in [3.63, 3.8) is 0 Å². The zero-order valence-electron chi connectivity index (χ0n) is 12.8. The van der Waals surface area contributed by atoms with Crippen LogP contribution in [-0.2, 0) is 11.3 Å². The first kappa shape index (κ1) is 15.6. The van der Waals surface area contributed by atoms with Crippen LogP contribution in [0.15, 0.2) is 18.2 Å². The lowest BCUT2D eigenvalue weighted by molar-refractivity contribution is -0.123. The average Bonchev–Trinajstić information content (AvgIpc) is 2.54. The van der Waals surface area contributed by atoms with Crippen LogP contribution in [0.25, 0.3) is 0 Å². The number of amides is 1. The van der Waals surface area contributed by atoms with E-state index in [1.807, 2.05) is 25.1 Å². The first-order valence-corrected chi connectivity index (χ1v) is 7.55. The SMILES string of the molecule is CCOc1ccc(CNC(=O)C2CCCCN2)cc1OC. The van der Waals surface area contributed by atoms with Crippen LogP contribution in [0.4, 0.5) is 0 Å².